The Hall–Kier alpha value is -5.65. The van der Waals surface area contributed by atoms with E-state index in [4.69, 9.17) is 63.7 Å². The number of aromatic nitrogens is 10. The first-order valence-electron chi connectivity index (χ1n) is 26.7. The first kappa shape index (κ1) is 67.7. The number of aliphatic hydroxyl groups is 3. The summed E-state index contributed by atoms with van der Waals surface area (Å²) < 4.78 is 122. The quantitative estimate of drug-likeness (QED) is 0.0177. The fourth-order valence-corrected chi connectivity index (χ4v) is 14.8. The zero-order chi connectivity index (χ0) is 64.7. The summed E-state index contributed by atoms with van der Waals surface area (Å²) in [4.78, 5) is 112. The van der Waals surface area contributed by atoms with Crippen molar-refractivity contribution in [2.75, 3.05) is 78.9 Å². The molecule has 0 saturated carbocycles. The van der Waals surface area contributed by atoms with Crippen LogP contribution in [0.25, 0.3) is 28.0 Å². The number of aromatic amines is 2. The molecule has 0 spiro atoms. The van der Waals surface area contributed by atoms with Gasteiger partial charge in [-0.2, -0.15) is 23.2 Å². The van der Waals surface area contributed by atoms with Crippen LogP contribution in [0.2, 0.25) is 0 Å². The number of nitrogens with two attached hydrogens (primary N) is 3. The van der Waals surface area contributed by atoms with Crippen molar-refractivity contribution in [2.24, 2.45) is 23.7 Å². The van der Waals surface area contributed by atoms with Crippen LogP contribution in [0, 0.1) is 5.92 Å². The minimum absolute atomic E-state index is 0.0255. The van der Waals surface area contributed by atoms with Gasteiger partial charge in [-0.1, -0.05) is 6.92 Å². The number of carbonyl (C=O) groups is 1. The molecule has 9 heterocycles. The summed E-state index contributed by atoms with van der Waals surface area (Å²) >= 11 is 0. The lowest BCUT2D eigenvalue weighted by atomic mass is 9.93. The van der Waals surface area contributed by atoms with Crippen LogP contribution < -0.4 is 37.8 Å². The number of phosphoric acid groups is 4. The van der Waals surface area contributed by atoms with Crippen LogP contribution in [-0.2, 0) is 85.2 Å². The molecule has 3 fully saturated rings. The molecule has 5 unspecified atom stereocenters. The molecule has 9 rings (SSSR count). The summed E-state index contributed by atoms with van der Waals surface area (Å²) in [5.74, 6) is -2.48. The zero-order valence-corrected chi connectivity index (χ0v) is 51.2. The Bertz CT molecular complexity index is 3800. The number of rotatable bonds is 28. The van der Waals surface area contributed by atoms with Gasteiger partial charge in [0.2, 0.25) is 30.4 Å². The number of anilines is 2. The number of allylic oxidation sites excluding steroid dienone is 1. The number of H-pyrrole nitrogens is 2. The van der Waals surface area contributed by atoms with Crippen LogP contribution >= 0.6 is 31.3 Å². The minimum atomic E-state index is -6.30. The number of imidazole rings is 3. The van der Waals surface area contributed by atoms with E-state index in [0.29, 0.717) is 12.8 Å². The van der Waals surface area contributed by atoms with Crippen molar-refractivity contribution in [1.82, 2.24) is 48.5 Å². The van der Waals surface area contributed by atoms with Gasteiger partial charge in [0.1, 0.15) is 48.4 Å². The van der Waals surface area contributed by atoms with Crippen LogP contribution in [0.3, 0.4) is 0 Å². The predicted octanol–water partition coefficient (Wildman–Crippen LogP) is -2.92. The van der Waals surface area contributed by atoms with Gasteiger partial charge in [-0.05, 0) is 12.0 Å². The number of aliphatic hydroxyl groups excluding tert-OH is 3. The second-order valence-electron chi connectivity index (χ2n) is 20.3. The number of ether oxygens (including phenoxy) is 6. The van der Waals surface area contributed by atoms with Gasteiger partial charge >= 0.3 is 29.0 Å². The average molecular weight is 1340 g/mol. The molecule has 0 bridgehead atoms. The smallest absolute Gasteiger partial charge is 0.490 e. The molecule has 492 valence electrons. The number of aliphatic imine (C=N–C) groups is 1. The standard InChI is InChI=1S/C44H65N15O26P4/c1-6-20-7-8-48-35-27(26(20)45)49-17-57(35)42-34(76-5)33(83-86(66,67)77-15-23-31(62)32(63)41(81-23)58-18-50-28-36(58)51-43(46)53-38(28)64)24(82-42)16-79-88(70,71)85-89(72,73)84-87(68,69)78-14-22-21(13-25(60)56(9-11-74-3)10-12-75-4)30(61)40(80-22)59-19-55(2)29-37(59)52-44(47)54-39(29)65/h8,17-19,21-24,30-34,40-42,61-63H,6-7,9-16,45H2,1-5H3,(H9-,46,47,51,52,53,54,64,65,66,67,68,69,70,71,72,73)/t21-,22-,23-,24-,30-,31-,32-,33-,34-,40?,41-,42-/m1/s1. The van der Waals surface area contributed by atoms with Crippen LogP contribution in [-0.4, -0.2) is 207 Å². The van der Waals surface area contributed by atoms with E-state index < -0.39 is 148 Å². The first-order chi connectivity index (χ1) is 42.0. The summed E-state index contributed by atoms with van der Waals surface area (Å²) in [5.41, 5.74) is 17.3. The molecule has 45 heteroatoms. The summed E-state index contributed by atoms with van der Waals surface area (Å²) in [6.45, 7) is -1.29. The van der Waals surface area contributed by atoms with Crippen LogP contribution in [0.1, 0.15) is 50.6 Å². The highest BCUT2D eigenvalue weighted by molar-refractivity contribution is 7.66. The van der Waals surface area contributed by atoms with Crippen LogP contribution in [0.5, 0.6) is 0 Å². The van der Waals surface area contributed by atoms with Crippen molar-refractivity contribution < 1.29 is 118 Å². The summed E-state index contributed by atoms with van der Waals surface area (Å²) in [5, 5.41) is 33.7. The Morgan fingerprint density at radius 2 is 1.35 bits per heavy atom. The molecule has 4 aliphatic rings. The lowest BCUT2D eigenvalue weighted by molar-refractivity contribution is -0.646. The van der Waals surface area contributed by atoms with Gasteiger partial charge < -0.3 is 94.5 Å². The Morgan fingerprint density at radius 1 is 0.764 bits per heavy atom. The van der Waals surface area contributed by atoms with Crippen molar-refractivity contribution in [2.45, 2.75) is 93.7 Å². The summed E-state index contributed by atoms with van der Waals surface area (Å²) in [6, 6.07) is 0. The maximum Gasteiger partial charge on any atom is 0.490 e. The molecule has 14 N–H and O–H groups in total. The third-order valence-electron chi connectivity index (χ3n) is 14.6. The Kier molecular flexibility index (Phi) is 20.8. The monoisotopic (exact) mass is 1340 g/mol. The first-order valence-corrected chi connectivity index (χ1v) is 32.6. The van der Waals surface area contributed by atoms with Gasteiger partial charge in [0.05, 0.1) is 64.5 Å². The number of aryl methyl sites for hydroxylation is 1. The molecule has 0 radical (unpaired) electrons. The van der Waals surface area contributed by atoms with E-state index in [2.05, 4.69) is 43.5 Å². The lowest BCUT2D eigenvalue weighted by Gasteiger charge is -2.31. The normalized spacial score (nSPS) is 28.2. The number of amides is 1. The molecule has 4 aliphatic heterocycles. The molecule has 41 nitrogen and oxygen atoms in total. The van der Waals surface area contributed by atoms with Crippen molar-refractivity contribution in [3.8, 4) is 0 Å². The highest BCUT2D eigenvalue weighted by atomic mass is 31.3. The molecule has 5 aromatic rings. The molecule has 5 aromatic heterocycles. The fraction of sp³-hybridized carbons (Fsp3) is 0.614. The van der Waals surface area contributed by atoms with E-state index in [9.17, 15) is 67.5 Å². The number of nitrogen functional groups attached to an aromatic ring is 2. The Labute approximate surface area is 501 Å². The number of carbonyl (C=O) groups excluding carboxylic acids is 1. The van der Waals surface area contributed by atoms with E-state index in [1.54, 1.807) is 0 Å². The van der Waals surface area contributed by atoms with Gasteiger partial charge in [-0.25, -0.2) is 33.2 Å². The maximum absolute atomic E-state index is 13.8. The van der Waals surface area contributed by atoms with Gasteiger partial charge in [0.15, 0.2) is 29.4 Å². The topological polar surface area (TPSA) is 570 Å². The van der Waals surface area contributed by atoms with E-state index >= 15 is 0 Å². The van der Waals surface area contributed by atoms with Crippen molar-refractivity contribution >= 4 is 89.2 Å². The number of hydrogen-bond donors (Lipinski definition) is 11. The Morgan fingerprint density at radius 3 is 1.99 bits per heavy atom. The van der Waals surface area contributed by atoms with Crippen molar-refractivity contribution in [1.29, 1.82) is 0 Å². The maximum atomic E-state index is 13.8. The summed E-state index contributed by atoms with van der Waals surface area (Å²) in [6.07, 6.45) is -13.1. The number of nitrogens with zero attached hydrogens (tertiary/aromatic N) is 10. The summed E-state index contributed by atoms with van der Waals surface area (Å²) in [7, 11) is -18.7. The largest absolute Gasteiger partial charge is 0.756 e. The highest BCUT2D eigenvalue weighted by Gasteiger charge is 2.54. The minimum Gasteiger partial charge on any atom is -0.756 e. The van der Waals surface area contributed by atoms with Gasteiger partial charge in [-0.15, -0.1) is 0 Å². The lowest BCUT2D eigenvalue weighted by Crippen LogP contribution is -2.40. The molecule has 0 aliphatic carbocycles. The van der Waals surface area contributed by atoms with E-state index in [1.807, 2.05) is 6.92 Å². The van der Waals surface area contributed by atoms with Crippen LogP contribution in [0.4, 0.5) is 17.7 Å². The van der Waals surface area contributed by atoms with E-state index in [0.717, 1.165) is 23.6 Å². The van der Waals surface area contributed by atoms with Gasteiger partial charge in [-0.3, -0.25) is 47.1 Å². The fourth-order valence-electron chi connectivity index (χ4n) is 10.4. The predicted molar refractivity (Wildman–Crippen MR) is 296 cm³/mol. The highest BCUT2D eigenvalue weighted by Crippen LogP contribution is 2.68. The SMILES string of the molecule is CCC1=C(N)c2ncn([C@@H]3O[C@H](COP(=O)(O)OP(=O)(O)OP(=O)(O)OC[C@H]4OC(n5c[n+](C)c6c(=O)[nH]c(N)nc65)[C@H](O)[C@@H]4CC(=O)N(CCOC)CCOC)[C@@H](OP(=O)([O-])OC[C@H]4O[C@@H](n5cnc6c(=O)[nH]c(N)nc65)[C@H](O)[C@@H]4O)[C@H]3OC)c2N=CC1. The van der Waals surface area contributed by atoms with Crippen LogP contribution in [0.15, 0.2) is 39.1 Å². The molecule has 0 aromatic carbocycles. The average Bonchev–Trinajstić information content (AvgIpc) is 1.89. The molecular formula is C44H65N15O26P4. The van der Waals surface area contributed by atoms with E-state index in [-0.39, 0.29) is 77.7 Å². The molecule has 1 amide bonds. The number of phosphoric ester groups is 3. The number of hydrogen-bond acceptors (Lipinski definition) is 31. The number of fused-ring (bicyclic) bond motifs is 3. The molecule has 3 saturated heterocycles. The number of methoxy groups -OCH3 is 3. The van der Waals surface area contributed by atoms with Gasteiger partial charge in [0.25, 0.3) is 24.5 Å². The third-order valence-corrected chi connectivity index (χ3v) is 19.8. The van der Waals surface area contributed by atoms with E-state index in [1.165, 1.54) is 58.7 Å². The molecule has 89 heavy (non-hydrogen) atoms. The zero-order valence-electron chi connectivity index (χ0n) is 47.6. The second-order valence-corrected chi connectivity index (χ2v) is 26.3. The van der Waals surface area contributed by atoms with Crippen molar-refractivity contribution in [3.63, 3.8) is 0 Å². The number of nitrogens with one attached hydrogen (secondary N) is 2. The molecule has 16 atom stereocenters. The molecular weight excluding hydrogens is 1280 g/mol. The van der Waals surface area contributed by atoms with Gasteiger partial charge in [0, 0.05) is 59.4 Å². The third kappa shape index (κ3) is 14.8. The second kappa shape index (κ2) is 27.3. The van der Waals surface area contributed by atoms with Crippen molar-refractivity contribution in [3.05, 3.63) is 51.0 Å². The Balaban J connectivity index is 0.903.